The van der Waals surface area contributed by atoms with Gasteiger partial charge < -0.3 is 4.90 Å². The van der Waals surface area contributed by atoms with Crippen LogP contribution in [-0.2, 0) is 4.79 Å². The topological polar surface area (TPSA) is 20.3 Å². The zero-order valence-corrected chi connectivity index (χ0v) is 11.1. The van der Waals surface area contributed by atoms with Crippen molar-refractivity contribution in [2.75, 3.05) is 13.1 Å². The maximum atomic E-state index is 11.8. The van der Waals surface area contributed by atoms with Crippen LogP contribution in [0.1, 0.15) is 52.4 Å². The summed E-state index contributed by atoms with van der Waals surface area (Å²) in [7, 11) is 0. The number of carbonyl (C=O) groups excluding carboxylic acids is 1. The molecule has 0 saturated carbocycles. The van der Waals surface area contributed by atoms with Crippen LogP contribution in [0.2, 0.25) is 0 Å². The van der Waals surface area contributed by atoms with E-state index in [4.69, 9.17) is 0 Å². The Morgan fingerprint density at radius 1 is 1.18 bits per heavy atom. The fraction of sp³-hybridized carbons (Fsp3) is 0.667. The summed E-state index contributed by atoms with van der Waals surface area (Å²) in [6, 6.07) is 0. The van der Waals surface area contributed by atoms with Crippen LogP contribution in [0.3, 0.4) is 0 Å². The van der Waals surface area contributed by atoms with Crippen molar-refractivity contribution in [1.29, 1.82) is 0 Å². The molecule has 0 unspecified atom stereocenters. The lowest BCUT2D eigenvalue weighted by molar-refractivity contribution is -0.116. The fourth-order valence-corrected chi connectivity index (χ4v) is 2.93. The van der Waals surface area contributed by atoms with Gasteiger partial charge in [-0.2, -0.15) is 0 Å². The highest BCUT2D eigenvalue weighted by Gasteiger charge is 2.23. The molecule has 0 heterocycles. The van der Waals surface area contributed by atoms with Crippen LogP contribution in [0.5, 0.6) is 0 Å². The molecule has 2 aliphatic carbocycles. The SMILES string of the molecule is CCCN(CC)C1=CC2=C(CC1)C(=O)CCC2. The quantitative estimate of drug-likeness (QED) is 0.741. The zero-order chi connectivity index (χ0) is 12.3. The lowest BCUT2D eigenvalue weighted by Crippen LogP contribution is -2.26. The average Bonchev–Trinajstić information content (AvgIpc) is 2.36. The van der Waals surface area contributed by atoms with Crippen molar-refractivity contribution in [2.24, 2.45) is 0 Å². The maximum absolute atomic E-state index is 11.8. The predicted octanol–water partition coefficient (Wildman–Crippen LogP) is 3.45. The average molecular weight is 233 g/mol. The summed E-state index contributed by atoms with van der Waals surface area (Å²) in [5.41, 5.74) is 3.91. The first-order valence-electron chi connectivity index (χ1n) is 6.97. The fourth-order valence-electron chi connectivity index (χ4n) is 2.93. The molecule has 0 amide bonds. The van der Waals surface area contributed by atoms with Crippen LogP contribution >= 0.6 is 0 Å². The van der Waals surface area contributed by atoms with E-state index in [-0.39, 0.29) is 0 Å². The Labute approximate surface area is 104 Å². The van der Waals surface area contributed by atoms with Gasteiger partial charge in [-0.15, -0.1) is 0 Å². The lowest BCUT2D eigenvalue weighted by Gasteiger charge is -2.31. The van der Waals surface area contributed by atoms with E-state index in [1.165, 1.54) is 17.7 Å². The standard InChI is InChI=1S/C15H23NO/c1-3-10-16(4-2)13-8-9-14-12(11-13)6-5-7-15(14)17/h11H,3-10H2,1-2H3. The molecule has 0 aromatic carbocycles. The van der Waals surface area contributed by atoms with Crippen LogP contribution < -0.4 is 0 Å². The van der Waals surface area contributed by atoms with Gasteiger partial charge >= 0.3 is 0 Å². The summed E-state index contributed by atoms with van der Waals surface area (Å²) in [6.45, 7) is 6.66. The van der Waals surface area contributed by atoms with Crippen molar-refractivity contribution in [3.63, 3.8) is 0 Å². The van der Waals surface area contributed by atoms with Gasteiger partial charge in [0.25, 0.3) is 0 Å². The molecule has 0 N–H and O–H groups in total. The Kier molecular flexibility index (Phi) is 4.03. The van der Waals surface area contributed by atoms with Gasteiger partial charge in [0.15, 0.2) is 5.78 Å². The van der Waals surface area contributed by atoms with E-state index in [9.17, 15) is 4.79 Å². The van der Waals surface area contributed by atoms with E-state index >= 15 is 0 Å². The van der Waals surface area contributed by atoms with Gasteiger partial charge in [-0.05, 0) is 56.3 Å². The number of ketones is 1. The zero-order valence-electron chi connectivity index (χ0n) is 11.1. The molecule has 2 heteroatoms. The molecule has 2 nitrogen and oxygen atoms in total. The number of carbonyl (C=O) groups is 1. The van der Waals surface area contributed by atoms with Gasteiger partial charge in [0.05, 0.1) is 0 Å². The number of hydrogen-bond donors (Lipinski definition) is 0. The molecule has 0 spiro atoms. The number of rotatable bonds is 4. The predicted molar refractivity (Wildman–Crippen MR) is 70.7 cm³/mol. The van der Waals surface area contributed by atoms with Crippen molar-refractivity contribution in [1.82, 2.24) is 4.90 Å². The first-order chi connectivity index (χ1) is 8.26. The summed E-state index contributed by atoms with van der Waals surface area (Å²) in [6.07, 6.45) is 8.44. The molecule has 0 fully saturated rings. The molecule has 2 aliphatic rings. The van der Waals surface area contributed by atoms with Crippen LogP contribution in [0, 0.1) is 0 Å². The van der Waals surface area contributed by atoms with Gasteiger partial charge in [-0.25, -0.2) is 0 Å². The minimum absolute atomic E-state index is 0.403. The van der Waals surface area contributed by atoms with Crippen LogP contribution in [0.4, 0.5) is 0 Å². The van der Waals surface area contributed by atoms with E-state index in [2.05, 4.69) is 24.8 Å². The van der Waals surface area contributed by atoms with Gasteiger partial charge in [0, 0.05) is 25.2 Å². The third kappa shape index (κ3) is 2.62. The van der Waals surface area contributed by atoms with Crippen LogP contribution in [0.15, 0.2) is 22.9 Å². The molecule has 0 aromatic rings. The van der Waals surface area contributed by atoms with Crippen molar-refractivity contribution in [2.45, 2.75) is 52.4 Å². The second kappa shape index (κ2) is 5.52. The van der Waals surface area contributed by atoms with E-state index in [1.54, 1.807) is 0 Å². The lowest BCUT2D eigenvalue weighted by atomic mass is 9.83. The first kappa shape index (κ1) is 12.4. The molecule has 0 aliphatic heterocycles. The van der Waals surface area contributed by atoms with Crippen molar-refractivity contribution >= 4 is 5.78 Å². The molecule has 0 atom stereocenters. The van der Waals surface area contributed by atoms with Crippen molar-refractivity contribution in [3.05, 3.63) is 22.9 Å². The van der Waals surface area contributed by atoms with Crippen molar-refractivity contribution < 1.29 is 4.79 Å². The second-order valence-corrected chi connectivity index (χ2v) is 5.00. The third-order valence-electron chi connectivity index (χ3n) is 3.83. The molecular formula is C15H23NO. The summed E-state index contributed by atoms with van der Waals surface area (Å²) in [5.74, 6) is 0.403. The Morgan fingerprint density at radius 2 is 2.00 bits per heavy atom. The third-order valence-corrected chi connectivity index (χ3v) is 3.83. The highest BCUT2D eigenvalue weighted by atomic mass is 16.1. The largest absolute Gasteiger partial charge is 0.375 e. The normalized spacial score (nSPS) is 20.1. The monoisotopic (exact) mass is 233 g/mol. The highest BCUT2D eigenvalue weighted by Crippen LogP contribution is 2.33. The van der Waals surface area contributed by atoms with Crippen LogP contribution in [0.25, 0.3) is 0 Å². The number of nitrogens with zero attached hydrogens (tertiary/aromatic N) is 1. The summed E-state index contributed by atoms with van der Waals surface area (Å²) < 4.78 is 0. The highest BCUT2D eigenvalue weighted by molar-refractivity contribution is 5.97. The summed E-state index contributed by atoms with van der Waals surface area (Å²) in [4.78, 5) is 14.3. The Balaban J connectivity index is 2.19. The van der Waals surface area contributed by atoms with E-state index in [0.717, 1.165) is 50.8 Å². The number of hydrogen-bond acceptors (Lipinski definition) is 2. The summed E-state index contributed by atoms with van der Waals surface area (Å²) in [5, 5.41) is 0. The Morgan fingerprint density at radius 3 is 2.71 bits per heavy atom. The van der Waals surface area contributed by atoms with E-state index in [1.807, 2.05) is 0 Å². The van der Waals surface area contributed by atoms with Gasteiger partial charge in [0.1, 0.15) is 0 Å². The Hall–Kier alpha value is -1.05. The number of Topliss-reactive ketones (excluding diaryl/α,β-unsaturated/α-hetero) is 1. The summed E-state index contributed by atoms with van der Waals surface area (Å²) >= 11 is 0. The van der Waals surface area contributed by atoms with Crippen LogP contribution in [-0.4, -0.2) is 23.8 Å². The number of allylic oxidation sites excluding steroid dienone is 4. The smallest absolute Gasteiger partial charge is 0.159 e. The Bertz CT molecular complexity index is 365. The molecule has 94 valence electrons. The molecule has 0 radical (unpaired) electrons. The molecular weight excluding hydrogens is 210 g/mol. The first-order valence-corrected chi connectivity index (χ1v) is 6.97. The molecule has 17 heavy (non-hydrogen) atoms. The van der Waals surface area contributed by atoms with Gasteiger partial charge in [-0.3, -0.25) is 4.79 Å². The van der Waals surface area contributed by atoms with Crippen molar-refractivity contribution in [3.8, 4) is 0 Å². The molecule has 0 aromatic heterocycles. The minimum Gasteiger partial charge on any atom is -0.375 e. The van der Waals surface area contributed by atoms with Gasteiger partial charge in [0.2, 0.25) is 0 Å². The molecule has 0 bridgehead atoms. The van der Waals surface area contributed by atoms with E-state index < -0.39 is 0 Å². The second-order valence-electron chi connectivity index (χ2n) is 5.00. The molecule has 0 saturated heterocycles. The minimum atomic E-state index is 0.403. The molecule has 2 rings (SSSR count). The van der Waals surface area contributed by atoms with Gasteiger partial charge in [-0.1, -0.05) is 6.92 Å². The van der Waals surface area contributed by atoms with E-state index in [0.29, 0.717) is 5.78 Å². The maximum Gasteiger partial charge on any atom is 0.159 e.